The van der Waals surface area contributed by atoms with Crippen LogP contribution in [0.25, 0.3) is 0 Å². The number of aryl methyl sites for hydroxylation is 1. The van der Waals surface area contributed by atoms with Crippen LogP contribution in [-0.2, 0) is 11.3 Å². The van der Waals surface area contributed by atoms with Crippen LogP contribution in [0.15, 0.2) is 48.5 Å². The van der Waals surface area contributed by atoms with Crippen LogP contribution >= 0.6 is 0 Å². The molecule has 0 bridgehead atoms. The fourth-order valence-corrected chi connectivity index (χ4v) is 2.20. The molecule has 0 saturated heterocycles. The van der Waals surface area contributed by atoms with Crippen LogP contribution in [0.3, 0.4) is 0 Å². The lowest BCUT2D eigenvalue weighted by atomic mass is 10.1. The van der Waals surface area contributed by atoms with Crippen LogP contribution in [0.1, 0.15) is 41.3 Å². The third-order valence-corrected chi connectivity index (χ3v) is 3.69. The van der Waals surface area contributed by atoms with Gasteiger partial charge in [0.25, 0.3) is 0 Å². The van der Waals surface area contributed by atoms with Gasteiger partial charge in [-0.05, 0) is 50.1 Å². The monoisotopic (exact) mass is 325 g/mol. The van der Waals surface area contributed by atoms with Crippen molar-refractivity contribution in [3.05, 3.63) is 65.2 Å². The molecule has 4 heteroatoms. The number of amides is 1. The molecular weight excluding hydrogens is 302 g/mol. The minimum absolute atomic E-state index is 0.0195. The van der Waals surface area contributed by atoms with Crippen molar-refractivity contribution in [3.63, 3.8) is 0 Å². The maximum atomic E-state index is 11.8. The third-order valence-electron chi connectivity index (χ3n) is 3.69. The summed E-state index contributed by atoms with van der Waals surface area (Å²) in [5.74, 6) is 0.762. The number of ether oxygens (including phenoxy) is 1. The molecule has 0 atom stereocenters. The van der Waals surface area contributed by atoms with E-state index in [-0.39, 0.29) is 11.7 Å². The average Bonchev–Trinajstić information content (AvgIpc) is 2.58. The van der Waals surface area contributed by atoms with Gasteiger partial charge in [0.05, 0.1) is 6.61 Å². The molecule has 0 aliphatic rings. The second kappa shape index (κ2) is 8.87. The molecule has 0 heterocycles. The zero-order valence-corrected chi connectivity index (χ0v) is 14.2. The van der Waals surface area contributed by atoms with E-state index in [1.54, 1.807) is 24.3 Å². The van der Waals surface area contributed by atoms with Gasteiger partial charge in [-0.2, -0.15) is 0 Å². The largest absolute Gasteiger partial charge is 0.494 e. The number of hydrogen-bond donors (Lipinski definition) is 1. The highest BCUT2D eigenvalue weighted by Gasteiger charge is 2.03. The maximum Gasteiger partial charge on any atom is 0.220 e. The number of carbonyl (C=O) groups is 2. The number of carbonyl (C=O) groups excluding carboxylic acids is 2. The van der Waals surface area contributed by atoms with Crippen LogP contribution < -0.4 is 10.1 Å². The average molecular weight is 325 g/mol. The third kappa shape index (κ3) is 5.88. The Morgan fingerprint density at radius 1 is 1.00 bits per heavy atom. The second-order valence-electron chi connectivity index (χ2n) is 5.79. The zero-order chi connectivity index (χ0) is 17.4. The Kier molecular flexibility index (Phi) is 6.55. The summed E-state index contributed by atoms with van der Waals surface area (Å²) in [5, 5.41) is 2.91. The molecule has 0 radical (unpaired) electrons. The Labute approximate surface area is 142 Å². The quantitative estimate of drug-likeness (QED) is 0.595. The molecule has 1 amide bonds. The molecule has 24 heavy (non-hydrogen) atoms. The van der Waals surface area contributed by atoms with Gasteiger partial charge < -0.3 is 10.1 Å². The number of nitrogens with one attached hydrogen (secondary N) is 1. The van der Waals surface area contributed by atoms with E-state index in [2.05, 4.69) is 5.32 Å². The van der Waals surface area contributed by atoms with E-state index in [0.717, 1.165) is 5.56 Å². The standard InChI is InChI=1S/C20H23NO3/c1-15-5-7-17(8-6-15)14-21-20(23)4-3-13-24-19-11-9-18(10-12-19)16(2)22/h5-12H,3-4,13-14H2,1-2H3,(H,21,23). The van der Waals surface area contributed by atoms with E-state index in [1.165, 1.54) is 12.5 Å². The molecule has 1 N–H and O–H groups in total. The summed E-state index contributed by atoms with van der Waals surface area (Å²) in [6.07, 6.45) is 1.07. The summed E-state index contributed by atoms with van der Waals surface area (Å²) in [6.45, 7) is 4.59. The lowest BCUT2D eigenvalue weighted by Gasteiger charge is -2.08. The Hall–Kier alpha value is -2.62. The predicted molar refractivity (Wildman–Crippen MR) is 94.2 cm³/mol. The van der Waals surface area contributed by atoms with Crippen molar-refractivity contribution in [3.8, 4) is 5.75 Å². The van der Waals surface area contributed by atoms with Gasteiger partial charge in [-0.25, -0.2) is 0 Å². The van der Waals surface area contributed by atoms with Crippen molar-refractivity contribution in [1.29, 1.82) is 0 Å². The van der Waals surface area contributed by atoms with E-state index in [0.29, 0.717) is 37.3 Å². The summed E-state index contributed by atoms with van der Waals surface area (Å²) < 4.78 is 5.58. The Balaban J connectivity index is 1.63. The van der Waals surface area contributed by atoms with E-state index in [1.807, 2.05) is 31.2 Å². The van der Waals surface area contributed by atoms with Crippen molar-refractivity contribution >= 4 is 11.7 Å². The summed E-state index contributed by atoms with van der Waals surface area (Å²) >= 11 is 0. The first-order valence-electron chi connectivity index (χ1n) is 8.10. The number of rotatable bonds is 8. The van der Waals surface area contributed by atoms with Crippen LogP contribution in [0.4, 0.5) is 0 Å². The highest BCUT2D eigenvalue weighted by atomic mass is 16.5. The zero-order valence-electron chi connectivity index (χ0n) is 14.2. The van der Waals surface area contributed by atoms with Crippen molar-refractivity contribution in [1.82, 2.24) is 5.32 Å². The topological polar surface area (TPSA) is 55.4 Å². The van der Waals surface area contributed by atoms with Gasteiger partial charge in [0.15, 0.2) is 5.78 Å². The Bertz CT molecular complexity index is 675. The molecule has 4 nitrogen and oxygen atoms in total. The molecule has 0 spiro atoms. The minimum Gasteiger partial charge on any atom is -0.494 e. The molecule has 2 aromatic rings. The SMILES string of the molecule is CC(=O)c1ccc(OCCCC(=O)NCc2ccc(C)cc2)cc1. The lowest BCUT2D eigenvalue weighted by Crippen LogP contribution is -2.22. The van der Waals surface area contributed by atoms with Crippen molar-refractivity contribution in [2.75, 3.05) is 6.61 Å². The number of Topliss-reactive ketones (excluding diaryl/α,β-unsaturated/α-hetero) is 1. The van der Waals surface area contributed by atoms with E-state index < -0.39 is 0 Å². The number of benzene rings is 2. The molecule has 2 rings (SSSR count). The first kappa shape index (κ1) is 17.7. The lowest BCUT2D eigenvalue weighted by molar-refractivity contribution is -0.121. The second-order valence-corrected chi connectivity index (χ2v) is 5.79. The van der Waals surface area contributed by atoms with Crippen LogP contribution in [-0.4, -0.2) is 18.3 Å². The summed E-state index contributed by atoms with van der Waals surface area (Å²) in [6, 6.07) is 15.1. The van der Waals surface area contributed by atoms with Crippen LogP contribution in [0.5, 0.6) is 5.75 Å². The first-order chi connectivity index (χ1) is 11.5. The molecule has 126 valence electrons. The van der Waals surface area contributed by atoms with Gasteiger partial charge in [0.1, 0.15) is 5.75 Å². The molecule has 0 aliphatic heterocycles. The molecule has 0 unspecified atom stereocenters. The molecule has 0 aliphatic carbocycles. The Morgan fingerprint density at radius 3 is 2.29 bits per heavy atom. The minimum atomic E-state index is 0.0195. The fourth-order valence-electron chi connectivity index (χ4n) is 2.20. The van der Waals surface area contributed by atoms with Gasteiger partial charge >= 0.3 is 0 Å². The molecule has 2 aromatic carbocycles. The van der Waals surface area contributed by atoms with Gasteiger partial charge in [0, 0.05) is 18.5 Å². The summed E-state index contributed by atoms with van der Waals surface area (Å²) in [4.78, 5) is 23.0. The Morgan fingerprint density at radius 2 is 1.67 bits per heavy atom. The molecule has 0 saturated carbocycles. The van der Waals surface area contributed by atoms with Crippen LogP contribution in [0.2, 0.25) is 0 Å². The summed E-state index contributed by atoms with van der Waals surface area (Å²) in [7, 11) is 0. The first-order valence-corrected chi connectivity index (χ1v) is 8.10. The van der Waals surface area contributed by atoms with Gasteiger partial charge in [-0.1, -0.05) is 29.8 Å². The normalized spacial score (nSPS) is 10.2. The van der Waals surface area contributed by atoms with E-state index in [4.69, 9.17) is 4.74 Å². The summed E-state index contributed by atoms with van der Waals surface area (Å²) in [5.41, 5.74) is 2.96. The highest BCUT2D eigenvalue weighted by Crippen LogP contribution is 2.13. The van der Waals surface area contributed by atoms with E-state index >= 15 is 0 Å². The smallest absolute Gasteiger partial charge is 0.220 e. The van der Waals surface area contributed by atoms with Crippen molar-refractivity contribution in [2.45, 2.75) is 33.2 Å². The van der Waals surface area contributed by atoms with Crippen molar-refractivity contribution < 1.29 is 14.3 Å². The van der Waals surface area contributed by atoms with Crippen molar-refractivity contribution in [2.24, 2.45) is 0 Å². The van der Waals surface area contributed by atoms with E-state index in [9.17, 15) is 9.59 Å². The number of hydrogen-bond acceptors (Lipinski definition) is 3. The van der Waals surface area contributed by atoms with Gasteiger partial charge in [-0.15, -0.1) is 0 Å². The number of ketones is 1. The van der Waals surface area contributed by atoms with Crippen LogP contribution in [0, 0.1) is 6.92 Å². The maximum absolute atomic E-state index is 11.8. The molecule has 0 fully saturated rings. The highest BCUT2D eigenvalue weighted by molar-refractivity contribution is 5.94. The molecular formula is C20H23NO3. The molecule has 0 aromatic heterocycles. The fraction of sp³-hybridized carbons (Fsp3) is 0.300. The van der Waals surface area contributed by atoms with Gasteiger partial charge in [0.2, 0.25) is 5.91 Å². The van der Waals surface area contributed by atoms with Gasteiger partial charge in [-0.3, -0.25) is 9.59 Å². The predicted octanol–water partition coefficient (Wildman–Crippen LogP) is 3.67.